The van der Waals surface area contributed by atoms with E-state index in [-0.39, 0.29) is 12.1 Å². The van der Waals surface area contributed by atoms with Gasteiger partial charge in [0.2, 0.25) is 0 Å². The zero-order valence-corrected chi connectivity index (χ0v) is 17.3. The van der Waals surface area contributed by atoms with Gasteiger partial charge >= 0.3 is 12.2 Å². The second-order valence-electron chi connectivity index (χ2n) is 7.75. The Morgan fingerprint density at radius 2 is 1.93 bits per heavy atom. The molecule has 1 fully saturated rings. The van der Waals surface area contributed by atoms with Gasteiger partial charge in [-0.05, 0) is 79.8 Å². The van der Waals surface area contributed by atoms with Crippen molar-refractivity contribution in [3.8, 4) is 0 Å². The van der Waals surface area contributed by atoms with E-state index in [1.807, 2.05) is 12.1 Å². The van der Waals surface area contributed by atoms with Crippen LogP contribution in [0, 0.1) is 5.92 Å². The normalized spacial score (nSPS) is 19.3. The summed E-state index contributed by atoms with van der Waals surface area (Å²) in [6.07, 6.45) is 3.95. The minimum absolute atomic E-state index is 0.118. The molecule has 162 valence electrons. The van der Waals surface area contributed by atoms with Gasteiger partial charge in [0.25, 0.3) is 0 Å². The molecule has 30 heavy (non-hydrogen) atoms. The van der Waals surface area contributed by atoms with Crippen molar-refractivity contribution in [1.82, 2.24) is 15.6 Å². The summed E-state index contributed by atoms with van der Waals surface area (Å²) in [6, 6.07) is 7.14. The van der Waals surface area contributed by atoms with E-state index in [0.717, 1.165) is 49.8 Å². The Hall–Kier alpha value is -2.28. The number of benzene rings is 1. The molecule has 0 radical (unpaired) electrons. The van der Waals surface area contributed by atoms with Gasteiger partial charge in [-0.15, -0.1) is 0 Å². The van der Waals surface area contributed by atoms with Crippen molar-refractivity contribution >= 4 is 17.6 Å². The number of hydrogen-bond donors (Lipinski definition) is 2. The Morgan fingerprint density at radius 1 is 1.17 bits per heavy atom. The molecule has 1 aromatic carbocycles. The van der Waals surface area contributed by atoms with Gasteiger partial charge in [0.15, 0.2) is 0 Å². The Kier molecular flexibility index (Phi) is 7.58. The molecule has 0 bridgehead atoms. The fourth-order valence-electron chi connectivity index (χ4n) is 3.82. The van der Waals surface area contributed by atoms with E-state index in [1.165, 1.54) is 6.07 Å². The average Bonchev–Trinajstić information content (AvgIpc) is 2.72. The third-order valence-corrected chi connectivity index (χ3v) is 5.92. The average molecular weight is 440 g/mol. The number of carbonyl (C=O) groups is 1. The fourth-order valence-corrected chi connectivity index (χ4v) is 4.03. The predicted molar refractivity (Wildman–Crippen MR) is 110 cm³/mol. The second kappa shape index (κ2) is 10.2. The van der Waals surface area contributed by atoms with Crippen molar-refractivity contribution in [2.24, 2.45) is 5.92 Å². The number of carbonyl (C=O) groups excluding carboxylic acids is 1. The van der Waals surface area contributed by atoms with Crippen LogP contribution in [-0.4, -0.2) is 17.1 Å². The number of aryl methyl sites for hydroxylation is 1. The number of hydrogen-bond acceptors (Lipinski definition) is 2. The summed E-state index contributed by atoms with van der Waals surface area (Å²) in [5.41, 5.74) is 0.818. The predicted octanol–water partition coefficient (Wildman–Crippen LogP) is 5.74. The number of amides is 2. The van der Waals surface area contributed by atoms with Crippen molar-refractivity contribution in [2.45, 2.75) is 57.3 Å². The van der Waals surface area contributed by atoms with E-state index in [9.17, 15) is 18.0 Å². The van der Waals surface area contributed by atoms with Crippen LogP contribution in [0.2, 0.25) is 5.02 Å². The maximum absolute atomic E-state index is 12.9. The highest BCUT2D eigenvalue weighted by Gasteiger charge is 2.31. The largest absolute Gasteiger partial charge is 0.416 e. The highest BCUT2D eigenvalue weighted by atomic mass is 35.5. The quantitative estimate of drug-likeness (QED) is 0.602. The molecule has 1 aromatic heterocycles. The molecule has 0 unspecified atom stereocenters. The zero-order valence-electron chi connectivity index (χ0n) is 16.5. The molecule has 1 aliphatic rings. The Labute approximate surface area is 179 Å². The van der Waals surface area contributed by atoms with E-state index in [0.29, 0.717) is 29.5 Å². The number of aromatic nitrogens is 1. The van der Waals surface area contributed by atoms with Crippen LogP contribution >= 0.6 is 11.6 Å². The number of urea groups is 1. The Bertz CT molecular complexity index is 837. The summed E-state index contributed by atoms with van der Waals surface area (Å²) in [6.45, 7) is 0.423. The Morgan fingerprint density at radius 3 is 2.60 bits per heavy atom. The van der Waals surface area contributed by atoms with Gasteiger partial charge in [-0.1, -0.05) is 17.7 Å². The molecule has 4 nitrogen and oxygen atoms in total. The molecule has 2 N–H and O–H groups in total. The SMILES string of the molecule is O=C(NCc1cccnc1)NC1CCC(CCc2cc(C(F)(F)F)ccc2Cl)CC1. The van der Waals surface area contributed by atoms with Crippen LogP contribution in [0.4, 0.5) is 18.0 Å². The third-order valence-electron chi connectivity index (χ3n) is 5.55. The van der Waals surface area contributed by atoms with Crippen molar-refractivity contribution in [3.63, 3.8) is 0 Å². The van der Waals surface area contributed by atoms with Gasteiger partial charge < -0.3 is 10.6 Å². The molecule has 0 saturated heterocycles. The number of pyridine rings is 1. The van der Waals surface area contributed by atoms with Gasteiger partial charge in [-0.25, -0.2) is 4.79 Å². The first-order valence-electron chi connectivity index (χ1n) is 10.1. The summed E-state index contributed by atoms with van der Waals surface area (Å²) in [4.78, 5) is 16.1. The monoisotopic (exact) mass is 439 g/mol. The third kappa shape index (κ3) is 6.62. The first-order chi connectivity index (χ1) is 14.3. The van der Waals surface area contributed by atoms with Crippen molar-refractivity contribution in [3.05, 3.63) is 64.4 Å². The van der Waals surface area contributed by atoms with Gasteiger partial charge in [-0.3, -0.25) is 4.98 Å². The zero-order chi connectivity index (χ0) is 21.6. The summed E-state index contributed by atoms with van der Waals surface area (Å²) in [5.74, 6) is 0.423. The molecular formula is C22H25ClF3N3O. The molecule has 3 rings (SSSR count). The summed E-state index contributed by atoms with van der Waals surface area (Å²) in [7, 11) is 0. The van der Waals surface area contributed by atoms with Crippen molar-refractivity contribution in [2.75, 3.05) is 0 Å². The van der Waals surface area contributed by atoms with Crippen LogP contribution in [0.1, 0.15) is 48.8 Å². The lowest BCUT2D eigenvalue weighted by Crippen LogP contribution is -2.43. The highest BCUT2D eigenvalue weighted by molar-refractivity contribution is 6.31. The topological polar surface area (TPSA) is 54.0 Å². The van der Waals surface area contributed by atoms with Gasteiger partial charge in [0.1, 0.15) is 0 Å². The van der Waals surface area contributed by atoms with Crippen LogP contribution in [0.15, 0.2) is 42.7 Å². The summed E-state index contributed by atoms with van der Waals surface area (Å²) >= 11 is 6.09. The van der Waals surface area contributed by atoms with Crippen LogP contribution in [-0.2, 0) is 19.1 Å². The molecule has 0 spiro atoms. The van der Waals surface area contributed by atoms with Crippen LogP contribution in [0.3, 0.4) is 0 Å². The standard InChI is InChI=1S/C22H25ClF3N3O/c23-20-10-7-18(22(24,25)26)12-17(20)6-3-15-4-8-19(9-5-15)29-21(30)28-14-16-2-1-11-27-13-16/h1-2,7,10-13,15,19H,3-6,8-9,14H2,(H2,28,29,30). The lowest BCUT2D eigenvalue weighted by atomic mass is 9.82. The van der Waals surface area contributed by atoms with E-state index in [2.05, 4.69) is 15.6 Å². The van der Waals surface area contributed by atoms with E-state index < -0.39 is 11.7 Å². The molecule has 1 aliphatic carbocycles. The number of rotatable bonds is 6. The molecule has 1 saturated carbocycles. The number of alkyl halides is 3. The minimum Gasteiger partial charge on any atom is -0.335 e. The molecule has 8 heteroatoms. The van der Waals surface area contributed by atoms with Gasteiger partial charge in [-0.2, -0.15) is 13.2 Å². The Balaban J connectivity index is 1.40. The smallest absolute Gasteiger partial charge is 0.335 e. The molecule has 0 aliphatic heterocycles. The second-order valence-corrected chi connectivity index (χ2v) is 8.16. The van der Waals surface area contributed by atoms with E-state index in [1.54, 1.807) is 12.4 Å². The van der Waals surface area contributed by atoms with Gasteiger partial charge in [0.05, 0.1) is 5.56 Å². The number of nitrogens with one attached hydrogen (secondary N) is 2. The fraction of sp³-hybridized carbons (Fsp3) is 0.455. The first kappa shape index (κ1) is 22.4. The molecule has 2 amide bonds. The number of nitrogens with zero attached hydrogens (tertiary/aromatic N) is 1. The van der Waals surface area contributed by atoms with Crippen molar-refractivity contribution < 1.29 is 18.0 Å². The minimum atomic E-state index is -4.36. The lowest BCUT2D eigenvalue weighted by Gasteiger charge is -2.29. The molecule has 0 atom stereocenters. The molecular weight excluding hydrogens is 415 g/mol. The molecule has 2 aromatic rings. The summed E-state index contributed by atoms with van der Waals surface area (Å²) < 4.78 is 38.7. The molecule has 1 heterocycles. The number of halogens is 4. The van der Waals surface area contributed by atoms with Gasteiger partial charge in [0, 0.05) is 30.0 Å². The first-order valence-corrected chi connectivity index (χ1v) is 10.5. The highest BCUT2D eigenvalue weighted by Crippen LogP contribution is 2.34. The van der Waals surface area contributed by atoms with E-state index in [4.69, 9.17) is 11.6 Å². The van der Waals surface area contributed by atoms with E-state index >= 15 is 0 Å². The summed E-state index contributed by atoms with van der Waals surface area (Å²) in [5, 5.41) is 6.21. The van der Waals surface area contributed by atoms with Crippen molar-refractivity contribution in [1.29, 1.82) is 0 Å². The van der Waals surface area contributed by atoms with Crippen LogP contribution < -0.4 is 10.6 Å². The van der Waals surface area contributed by atoms with Crippen LogP contribution in [0.25, 0.3) is 0 Å². The van der Waals surface area contributed by atoms with Crippen LogP contribution in [0.5, 0.6) is 0 Å². The lowest BCUT2D eigenvalue weighted by molar-refractivity contribution is -0.137. The maximum Gasteiger partial charge on any atom is 0.416 e. The maximum atomic E-state index is 12.9.